The van der Waals surface area contributed by atoms with E-state index in [9.17, 15) is 19.2 Å². The van der Waals surface area contributed by atoms with Gasteiger partial charge < -0.3 is 9.30 Å². The van der Waals surface area contributed by atoms with Crippen molar-refractivity contribution in [1.29, 1.82) is 0 Å². The summed E-state index contributed by atoms with van der Waals surface area (Å²) >= 11 is 0. The number of fused-ring (bicyclic) bond motifs is 1. The zero-order chi connectivity index (χ0) is 17.9. The summed E-state index contributed by atoms with van der Waals surface area (Å²) in [7, 11) is 4.48. The van der Waals surface area contributed by atoms with Crippen molar-refractivity contribution in [3.8, 4) is 0 Å². The number of rotatable bonds is 7. The molecule has 0 saturated heterocycles. The third-order valence-corrected chi connectivity index (χ3v) is 3.86. The lowest BCUT2D eigenvalue weighted by Crippen LogP contribution is -2.39. The van der Waals surface area contributed by atoms with E-state index >= 15 is 0 Å². The highest BCUT2D eigenvalue weighted by Gasteiger charge is 2.15. The van der Waals surface area contributed by atoms with Crippen LogP contribution in [0.5, 0.6) is 0 Å². The fourth-order valence-electron chi connectivity index (χ4n) is 2.51. The van der Waals surface area contributed by atoms with Crippen molar-refractivity contribution in [3.05, 3.63) is 27.2 Å². The van der Waals surface area contributed by atoms with Gasteiger partial charge in [-0.1, -0.05) is 0 Å². The molecule has 0 bridgehead atoms. The van der Waals surface area contributed by atoms with Crippen LogP contribution >= 0.6 is 0 Å². The largest absolute Gasteiger partial charge is 0.469 e. The first kappa shape index (κ1) is 17.6. The van der Waals surface area contributed by atoms with Crippen LogP contribution in [0.15, 0.2) is 15.9 Å². The number of carbonyl (C=O) groups excluding carboxylic acids is 2. The molecular formula is C15H20N4O5. The van der Waals surface area contributed by atoms with E-state index in [1.54, 1.807) is 18.7 Å². The molecule has 2 rings (SSSR count). The fourth-order valence-corrected chi connectivity index (χ4v) is 2.51. The zero-order valence-electron chi connectivity index (χ0n) is 13.9. The van der Waals surface area contributed by atoms with Gasteiger partial charge in [-0.2, -0.15) is 0 Å². The summed E-state index contributed by atoms with van der Waals surface area (Å²) in [5, 5.41) is 0. The molecule has 0 radical (unpaired) electrons. The van der Waals surface area contributed by atoms with Crippen molar-refractivity contribution < 1.29 is 14.3 Å². The van der Waals surface area contributed by atoms with Crippen LogP contribution in [-0.2, 0) is 35.0 Å². The first-order valence-corrected chi connectivity index (χ1v) is 7.56. The molecule has 0 aliphatic carbocycles. The summed E-state index contributed by atoms with van der Waals surface area (Å²) in [6.45, 7) is 0.206. The predicted octanol–water partition coefficient (Wildman–Crippen LogP) is -0.264. The number of aromatic nitrogens is 4. The molecule has 130 valence electrons. The number of ketones is 1. The molecule has 24 heavy (non-hydrogen) atoms. The van der Waals surface area contributed by atoms with Gasteiger partial charge in [0.1, 0.15) is 12.2 Å². The number of Topliss-reactive ketones (excluding diaryl/α,β-unsaturated/α-hetero) is 1. The number of hydrogen-bond acceptors (Lipinski definition) is 6. The van der Waals surface area contributed by atoms with Crippen molar-refractivity contribution in [2.24, 2.45) is 14.1 Å². The van der Waals surface area contributed by atoms with Gasteiger partial charge in [-0.05, 0) is 12.8 Å². The number of esters is 1. The summed E-state index contributed by atoms with van der Waals surface area (Å²) in [5.74, 6) is -0.782. The van der Waals surface area contributed by atoms with Crippen molar-refractivity contribution in [3.63, 3.8) is 0 Å². The maximum absolute atomic E-state index is 12.5. The van der Waals surface area contributed by atoms with Crippen molar-refractivity contribution in [2.45, 2.75) is 32.2 Å². The van der Waals surface area contributed by atoms with Gasteiger partial charge in [0.2, 0.25) is 0 Å². The maximum atomic E-state index is 12.5. The molecule has 0 aromatic carbocycles. The predicted molar refractivity (Wildman–Crippen MR) is 85.7 cm³/mol. The summed E-state index contributed by atoms with van der Waals surface area (Å²) in [5.41, 5.74) is -0.128. The van der Waals surface area contributed by atoms with Crippen molar-refractivity contribution in [2.75, 3.05) is 7.11 Å². The second kappa shape index (κ2) is 7.24. The molecule has 2 aromatic rings. The number of nitrogens with zero attached hydrogens (tertiary/aromatic N) is 4. The monoisotopic (exact) mass is 336 g/mol. The molecule has 0 amide bonds. The number of methoxy groups -OCH3 is 1. The first-order valence-electron chi connectivity index (χ1n) is 7.56. The number of aryl methyl sites for hydroxylation is 2. The molecule has 0 atom stereocenters. The Morgan fingerprint density at radius 3 is 2.58 bits per heavy atom. The van der Waals surface area contributed by atoms with Crippen LogP contribution in [0, 0.1) is 0 Å². The van der Waals surface area contributed by atoms with E-state index in [0.29, 0.717) is 24.0 Å². The summed E-state index contributed by atoms with van der Waals surface area (Å²) in [6, 6.07) is 0. The Morgan fingerprint density at radius 2 is 1.92 bits per heavy atom. The van der Waals surface area contributed by atoms with Crippen LogP contribution in [0.2, 0.25) is 0 Å². The van der Waals surface area contributed by atoms with E-state index in [-0.39, 0.29) is 25.2 Å². The van der Waals surface area contributed by atoms with Gasteiger partial charge in [-0.25, -0.2) is 9.78 Å². The molecule has 0 unspecified atom stereocenters. The van der Waals surface area contributed by atoms with Crippen LogP contribution in [0.4, 0.5) is 0 Å². The average molecular weight is 336 g/mol. The molecule has 0 N–H and O–H groups in total. The Kier molecular flexibility index (Phi) is 5.32. The van der Waals surface area contributed by atoms with Crippen LogP contribution in [0.1, 0.15) is 25.7 Å². The first-order chi connectivity index (χ1) is 11.4. The third-order valence-electron chi connectivity index (χ3n) is 3.86. The van der Waals surface area contributed by atoms with Crippen LogP contribution in [-0.4, -0.2) is 37.5 Å². The number of unbranched alkanes of at least 4 members (excludes halogenated alkanes) is 1. The Bertz CT molecular complexity index is 890. The van der Waals surface area contributed by atoms with Crippen LogP contribution in [0.3, 0.4) is 0 Å². The smallest absolute Gasteiger partial charge is 0.332 e. The zero-order valence-corrected chi connectivity index (χ0v) is 13.9. The van der Waals surface area contributed by atoms with Crippen molar-refractivity contribution >= 4 is 22.9 Å². The molecule has 0 aliphatic heterocycles. The minimum Gasteiger partial charge on any atom is -0.469 e. The molecule has 9 heteroatoms. The number of hydrogen-bond donors (Lipinski definition) is 0. The minimum atomic E-state index is -0.563. The van der Waals surface area contributed by atoms with Gasteiger partial charge in [0, 0.05) is 27.1 Å². The lowest BCUT2D eigenvalue weighted by molar-refractivity contribution is -0.143. The van der Waals surface area contributed by atoms with E-state index in [2.05, 4.69) is 9.72 Å². The summed E-state index contributed by atoms with van der Waals surface area (Å²) in [6.07, 6.45) is 2.40. The van der Waals surface area contributed by atoms with Crippen molar-refractivity contribution in [1.82, 2.24) is 18.7 Å². The Labute approximate surface area is 137 Å². The quantitative estimate of drug-likeness (QED) is 0.392. The second-order valence-electron chi connectivity index (χ2n) is 5.57. The lowest BCUT2D eigenvalue weighted by atomic mass is 10.1. The SMILES string of the molecule is COC(=O)CC(=O)CCCCn1c(=O)c2c(ncn2C)n(C)c1=O. The van der Waals surface area contributed by atoms with Crippen LogP contribution < -0.4 is 11.2 Å². The Hall–Kier alpha value is -2.71. The molecule has 0 aliphatic rings. The Morgan fingerprint density at radius 1 is 1.21 bits per heavy atom. The molecule has 9 nitrogen and oxygen atoms in total. The normalized spacial score (nSPS) is 11.0. The second-order valence-corrected chi connectivity index (χ2v) is 5.57. The molecule has 0 fully saturated rings. The van der Waals surface area contributed by atoms with Gasteiger partial charge in [-0.15, -0.1) is 0 Å². The molecular weight excluding hydrogens is 316 g/mol. The number of imidazole rings is 1. The topological polar surface area (TPSA) is 105 Å². The highest BCUT2D eigenvalue weighted by Crippen LogP contribution is 2.05. The maximum Gasteiger partial charge on any atom is 0.332 e. The molecule has 2 aromatic heterocycles. The fraction of sp³-hybridized carbons (Fsp3) is 0.533. The molecule has 0 spiro atoms. The highest BCUT2D eigenvalue weighted by atomic mass is 16.5. The summed E-state index contributed by atoms with van der Waals surface area (Å²) < 4.78 is 8.49. The summed E-state index contributed by atoms with van der Waals surface area (Å²) in [4.78, 5) is 51.3. The average Bonchev–Trinajstić information content (AvgIpc) is 2.93. The lowest BCUT2D eigenvalue weighted by Gasteiger charge is -2.08. The molecule has 2 heterocycles. The van der Waals surface area contributed by atoms with Gasteiger partial charge >= 0.3 is 11.7 Å². The van der Waals surface area contributed by atoms with Gasteiger partial charge in [0.15, 0.2) is 11.2 Å². The number of ether oxygens (including phenoxy) is 1. The number of carbonyl (C=O) groups is 2. The third kappa shape index (κ3) is 3.44. The van der Waals surface area contributed by atoms with Gasteiger partial charge in [-0.3, -0.25) is 23.5 Å². The van der Waals surface area contributed by atoms with E-state index in [0.717, 1.165) is 4.57 Å². The standard InChI is InChI=1S/C15H20N4O5/c1-17-9-16-13-12(17)14(22)19(15(23)18(13)2)7-5-4-6-10(20)8-11(21)24-3/h9H,4-8H2,1-3H3. The van der Waals surface area contributed by atoms with Gasteiger partial charge in [0.25, 0.3) is 5.56 Å². The van der Waals surface area contributed by atoms with E-state index in [1.807, 2.05) is 0 Å². The Balaban J connectivity index is 2.07. The van der Waals surface area contributed by atoms with E-state index in [4.69, 9.17) is 0 Å². The van der Waals surface area contributed by atoms with E-state index < -0.39 is 17.2 Å². The van der Waals surface area contributed by atoms with E-state index in [1.165, 1.54) is 18.0 Å². The minimum absolute atomic E-state index is 0.206. The van der Waals surface area contributed by atoms with Crippen LogP contribution in [0.25, 0.3) is 11.2 Å². The highest BCUT2D eigenvalue weighted by molar-refractivity contribution is 5.95. The molecule has 0 saturated carbocycles. The van der Waals surface area contributed by atoms with Gasteiger partial charge in [0.05, 0.1) is 13.4 Å².